The number of hydrogen-bond acceptors (Lipinski definition) is 0. The van der Waals surface area contributed by atoms with Gasteiger partial charge in [0.15, 0.2) is 7.38 Å². The maximum Gasteiger partial charge on any atom is 0.180 e. The normalized spacial score (nSPS) is 11.4. The zero-order valence-corrected chi connectivity index (χ0v) is 10.6. The van der Waals surface area contributed by atoms with Crippen LogP contribution in [-0.4, -0.2) is 7.38 Å². The number of benzene rings is 1. The molecule has 0 heterocycles. The third kappa shape index (κ3) is 3.32. The fourth-order valence-corrected chi connectivity index (χ4v) is 2.67. The average molecular weight is 225 g/mol. The van der Waals surface area contributed by atoms with Crippen molar-refractivity contribution in [1.82, 2.24) is 0 Å². The zero-order chi connectivity index (χ0) is 10.6. The van der Waals surface area contributed by atoms with Crippen LogP contribution in [0.2, 0.25) is 13.1 Å². The summed E-state index contributed by atoms with van der Waals surface area (Å²) in [6.45, 7) is 8.01. The van der Waals surface area contributed by atoms with Gasteiger partial charge in [0.05, 0.1) is 0 Å². The molecular formula is C12H17ClSi. The third-order valence-corrected chi connectivity index (χ3v) is 4.64. The fourth-order valence-electron chi connectivity index (χ4n) is 1.34. The maximum atomic E-state index is 6.34. The lowest BCUT2D eigenvalue weighted by Crippen LogP contribution is -2.34. The maximum absolute atomic E-state index is 6.34. The Kier molecular flexibility index (Phi) is 3.96. The van der Waals surface area contributed by atoms with E-state index in [-0.39, 0.29) is 0 Å². The SMILES string of the molecule is C=CCCc1ccc([Si](C)(C)Cl)cc1. The van der Waals surface area contributed by atoms with Crippen LogP contribution in [0, 0.1) is 0 Å². The predicted octanol–water partition coefficient (Wildman–Crippen LogP) is 3.46. The van der Waals surface area contributed by atoms with Gasteiger partial charge in [-0.1, -0.05) is 43.4 Å². The van der Waals surface area contributed by atoms with Gasteiger partial charge in [-0.3, -0.25) is 0 Å². The molecule has 0 nitrogen and oxygen atoms in total. The van der Waals surface area contributed by atoms with E-state index in [9.17, 15) is 0 Å². The standard InChI is InChI=1S/C12H17ClSi/c1-4-5-6-11-7-9-12(10-8-11)14(2,3)13/h4,7-10H,1,5-6H2,2-3H3. The molecule has 0 bridgehead atoms. The molecule has 0 saturated carbocycles. The van der Waals surface area contributed by atoms with E-state index in [0.29, 0.717) is 0 Å². The first-order chi connectivity index (χ1) is 6.54. The minimum absolute atomic E-state index is 1.04. The highest BCUT2D eigenvalue weighted by Crippen LogP contribution is 2.10. The highest BCUT2D eigenvalue weighted by molar-refractivity contribution is 7.26. The number of allylic oxidation sites excluding steroid dienone is 1. The Labute approximate surface area is 92.3 Å². The van der Waals surface area contributed by atoms with Crippen LogP contribution >= 0.6 is 11.1 Å². The predicted molar refractivity (Wildman–Crippen MR) is 67.9 cm³/mol. The Morgan fingerprint density at radius 2 is 1.86 bits per heavy atom. The van der Waals surface area contributed by atoms with Gasteiger partial charge >= 0.3 is 0 Å². The average Bonchev–Trinajstić information content (AvgIpc) is 2.14. The van der Waals surface area contributed by atoms with Crippen molar-refractivity contribution in [1.29, 1.82) is 0 Å². The molecule has 76 valence electrons. The molecule has 0 unspecified atom stereocenters. The Bertz CT molecular complexity index is 295. The second-order valence-corrected chi connectivity index (χ2v) is 10.4. The molecule has 1 aromatic carbocycles. The van der Waals surface area contributed by atoms with E-state index in [4.69, 9.17) is 11.1 Å². The highest BCUT2D eigenvalue weighted by atomic mass is 35.6. The first kappa shape index (κ1) is 11.5. The van der Waals surface area contributed by atoms with Crippen LogP contribution in [0.5, 0.6) is 0 Å². The van der Waals surface area contributed by atoms with E-state index in [1.54, 1.807) is 0 Å². The van der Waals surface area contributed by atoms with Crippen molar-refractivity contribution in [3.63, 3.8) is 0 Å². The molecular weight excluding hydrogens is 208 g/mol. The number of halogens is 1. The molecule has 0 aliphatic carbocycles. The Morgan fingerprint density at radius 3 is 2.29 bits per heavy atom. The minimum atomic E-state index is -1.64. The van der Waals surface area contributed by atoms with Gasteiger partial charge < -0.3 is 0 Å². The van der Waals surface area contributed by atoms with Crippen LogP contribution < -0.4 is 5.19 Å². The summed E-state index contributed by atoms with van der Waals surface area (Å²) in [5.41, 5.74) is 1.36. The lowest BCUT2D eigenvalue weighted by Gasteiger charge is -2.13. The lowest BCUT2D eigenvalue weighted by molar-refractivity contribution is 1.01. The van der Waals surface area contributed by atoms with E-state index in [0.717, 1.165) is 12.8 Å². The van der Waals surface area contributed by atoms with Crippen LogP contribution in [-0.2, 0) is 6.42 Å². The topological polar surface area (TPSA) is 0 Å². The van der Waals surface area contributed by atoms with Crippen molar-refractivity contribution in [3.05, 3.63) is 42.5 Å². The van der Waals surface area contributed by atoms with Crippen LogP contribution in [0.25, 0.3) is 0 Å². The molecule has 2 heteroatoms. The van der Waals surface area contributed by atoms with Gasteiger partial charge in [0.2, 0.25) is 0 Å². The lowest BCUT2D eigenvalue weighted by atomic mass is 10.1. The second-order valence-electron chi connectivity index (χ2n) is 4.00. The Morgan fingerprint density at radius 1 is 1.29 bits per heavy atom. The summed E-state index contributed by atoms with van der Waals surface area (Å²) in [5, 5.41) is 1.31. The summed E-state index contributed by atoms with van der Waals surface area (Å²) < 4.78 is 0. The van der Waals surface area contributed by atoms with Crippen molar-refractivity contribution in [2.24, 2.45) is 0 Å². The number of aryl methyl sites for hydroxylation is 1. The van der Waals surface area contributed by atoms with Crippen molar-refractivity contribution in [3.8, 4) is 0 Å². The summed E-state index contributed by atoms with van der Waals surface area (Å²) >= 11 is 6.34. The van der Waals surface area contributed by atoms with Gasteiger partial charge in [-0.2, -0.15) is 11.1 Å². The molecule has 0 fully saturated rings. The van der Waals surface area contributed by atoms with Crippen LogP contribution in [0.3, 0.4) is 0 Å². The van der Waals surface area contributed by atoms with Crippen molar-refractivity contribution >= 4 is 23.6 Å². The van der Waals surface area contributed by atoms with Crippen molar-refractivity contribution < 1.29 is 0 Å². The van der Waals surface area contributed by atoms with Crippen LogP contribution in [0.15, 0.2) is 36.9 Å². The Balaban J connectivity index is 2.73. The monoisotopic (exact) mass is 224 g/mol. The minimum Gasteiger partial charge on any atom is -0.162 e. The van der Waals surface area contributed by atoms with Gasteiger partial charge in [0.1, 0.15) is 0 Å². The molecule has 0 saturated heterocycles. The van der Waals surface area contributed by atoms with Crippen LogP contribution in [0.4, 0.5) is 0 Å². The smallest absolute Gasteiger partial charge is 0.162 e. The van der Waals surface area contributed by atoms with Gasteiger partial charge in [0, 0.05) is 0 Å². The largest absolute Gasteiger partial charge is 0.180 e. The van der Waals surface area contributed by atoms with Gasteiger partial charge in [-0.05, 0) is 23.6 Å². The second kappa shape index (κ2) is 4.81. The number of hydrogen-bond donors (Lipinski definition) is 0. The molecule has 0 radical (unpaired) electrons. The van der Waals surface area contributed by atoms with Gasteiger partial charge in [0.25, 0.3) is 0 Å². The molecule has 0 aliphatic heterocycles. The first-order valence-corrected chi connectivity index (χ1v) is 8.94. The molecule has 0 amide bonds. The summed E-state index contributed by atoms with van der Waals surface area (Å²) in [5.74, 6) is 0. The Hall–Kier alpha value is -0.533. The van der Waals surface area contributed by atoms with Gasteiger partial charge in [-0.15, -0.1) is 6.58 Å². The summed E-state index contributed by atoms with van der Waals surface area (Å²) in [6.07, 6.45) is 4.07. The van der Waals surface area contributed by atoms with E-state index in [1.807, 2.05) is 6.08 Å². The molecule has 0 atom stereocenters. The summed E-state index contributed by atoms with van der Waals surface area (Å²) in [6, 6.07) is 8.68. The van der Waals surface area contributed by atoms with Crippen molar-refractivity contribution in [2.75, 3.05) is 0 Å². The van der Waals surface area contributed by atoms with E-state index in [2.05, 4.69) is 43.9 Å². The summed E-state index contributed by atoms with van der Waals surface area (Å²) in [7, 11) is -1.64. The molecule has 1 rings (SSSR count). The fraction of sp³-hybridized carbons (Fsp3) is 0.333. The quantitative estimate of drug-likeness (QED) is 0.418. The molecule has 0 aliphatic rings. The third-order valence-electron chi connectivity index (χ3n) is 2.28. The summed E-state index contributed by atoms with van der Waals surface area (Å²) in [4.78, 5) is 0. The highest BCUT2D eigenvalue weighted by Gasteiger charge is 2.19. The molecule has 14 heavy (non-hydrogen) atoms. The molecule has 0 aromatic heterocycles. The van der Waals surface area contributed by atoms with Crippen LogP contribution in [0.1, 0.15) is 12.0 Å². The van der Waals surface area contributed by atoms with Crippen molar-refractivity contribution in [2.45, 2.75) is 25.9 Å². The zero-order valence-electron chi connectivity index (χ0n) is 8.89. The molecule has 0 spiro atoms. The molecule has 0 N–H and O–H groups in total. The van der Waals surface area contributed by atoms with E-state index < -0.39 is 7.38 Å². The van der Waals surface area contributed by atoms with E-state index >= 15 is 0 Å². The molecule has 1 aromatic rings. The first-order valence-electron chi connectivity index (χ1n) is 4.93. The van der Waals surface area contributed by atoms with E-state index in [1.165, 1.54) is 10.8 Å². The van der Waals surface area contributed by atoms with Gasteiger partial charge in [-0.25, -0.2) is 0 Å². The number of rotatable bonds is 4.